The van der Waals surface area contributed by atoms with Crippen LogP contribution in [0.15, 0.2) is 30.3 Å². The summed E-state index contributed by atoms with van der Waals surface area (Å²) >= 11 is 0. The zero-order valence-corrected chi connectivity index (χ0v) is 15.9. The molecule has 1 aromatic carbocycles. The van der Waals surface area contributed by atoms with Gasteiger partial charge in [0.25, 0.3) is 5.91 Å². The van der Waals surface area contributed by atoms with E-state index in [1.807, 2.05) is 0 Å². The highest BCUT2D eigenvalue weighted by molar-refractivity contribution is 5.92. The third-order valence-corrected chi connectivity index (χ3v) is 5.85. The van der Waals surface area contributed by atoms with E-state index in [1.165, 1.54) is 36.1 Å². The van der Waals surface area contributed by atoms with Crippen LogP contribution in [0, 0.1) is 30.5 Å². The van der Waals surface area contributed by atoms with Crippen LogP contribution in [0.3, 0.4) is 0 Å². The normalized spacial score (nSPS) is 23.0. The molecule has 0 saturated heterocycles. The first-order chi connectivity index (χ1) is 13.5. The number of aryl methyl sites for hydroxylation is 1. The molecule has 3 unspecified atom stereocenters. The number of ether oxygens (including phenoxy) is 1. The number of anilines is 1. The lowest BCUT2D eigenvalue weighted by molar-refractivity contribution is -0.148. The van der Waals surface area contributed by atoms with Crippen molar-refractivity contribution < 1.29 is 18.7 Å². The molecule has 0 spiro atoms. The third kappa shape index (κ3) is 4.08. The summed E-state index contributed by atoms with van der Waals surface area (Å²) in [5.74, 6) is 1.21. The fourth-order valence-corrected chi connectivity index (χ4v) is 4.59. The van der Waals surface area contributed by atoms with Crippen LogP contribution in [0.4, 0.5) is 10.2 Å². The van der Waals surface area contributed by atoms with E-state index in [0.717, 1.165) is 12.3 Å². The number of halogens is 1. The molecule has 2 saturated carbocycles. The number of benzene rings is 1. The lowest BCUT2D eigenvalue weighted by Crippen LogP contribution is -2.24. The predicted octanol–water partition coefficient (Wildman–Crippen LogP) is 3.63. The lowest BCUT2D eigenvalue weighted by Gasteiger charge is -2.20. The summed E-state index contributed by atoms with van der Waals surface area (Å²) in [5, 5.41) is 7.03. The van der Waals surface area contributed by atoms with Gasteiger partial charge >= 0.3 is 5.97 Å². The minimum Gasteiger partial charge on any atom is -0.456 e. The maximum absolute atomic E-state index is 13.1. The second-order valence-electron chi connectivity index (χ2n) is 7.91. The standard InChI is InChI=1S/C21H24FN3O3/c1-13-8-19(25(24-13)18-6-4-17(22)5-7-18)23-20(26)12-28-21(27)11-16-10-14-2-3-15(16)9-14/h4-8,14-16H,2-3,9-12H2,1H3,(H,23,26). The van der Waals surface area contributed by atoms with Crippen molar-refractivity contribution in [3.05, 3.63) is 41.8 Å². The van der Waals surface area contributed by atoms with Gasteiger partial charge < -0.3 is 10.1 Å². The molecule has 2 bridgehead atoms. The molecule has 0 radical (unpaired) electrons. The minimum absolute atomic E-state index is 0.309. The van der Waals surface area contributed by atoms with Gasteiger partial charge in [-0.2, -0.15) is 5.10 Å². The number of rotatable bonds is 6. The van der Waals surface area contributed by atoms with Crippen molar-refractivity contribution in [3.63, 3.8) is 0 Å². The van der Waals surface area contributed by atoms with Gasteiger partial charge in [0.15, 0.2) is 6.61 Å². The molecule has 2 aliphatic rings. The molecule has 2 aliphatic carbocycles. The average Bonchev–Trinajstić information content (AvgIpc) is 3.37. The number of nitrogens with zero attached hydrogens (tertiary/aromatic N) is 2. The second-order valence-corrected chi connectivity index (χ2v) is 7.91. The molecule has 1 aromatic heterocycles. The Labute approximate surface area is 163 Å². The number of fused-ring (bicyclic) bond motifs is 2. The van der Waals surface area contributed by atoms with Crippen LogP contribution in [0.25, 0.3) is 5.69 Å². The van der Waals surface area contributed by atoms with Gasteiger partial charge in [0, 0.05) is 12.5 Å². The zero-order valence-electron chi connectivity index (χ0n) is 15.9. The second kappa shape index (κ2) is 7.73. The van der Waals surface area contributed by atoms with Gasteiger partial charge in [0.1, 0.15) is 11.6 Å². The molecule has 28 heavy (non-hydrogen) atoms. The van der Waals surface area contributed by atoms with E-state index in [9.17, 15) is 14.0 Å². The van der Waals surface area contributed by atoms with E-state index < -0.39 is 5.91 Å². The first-order valence-corrected chi connectivity index (χ1v) is 9.76. The van der Waals surface area contributed by atoms with E-state index in [-0.39, 0.29) is 18.4 Å². The van der Waals surface area contributed by atoms with Crippen molar-refractivity contribution >= 4 is 17.7 Å². The SMILES string of the molecule is Cc1cc(NC(=O)COC(=O)CC2CC3CCC2C3)n(-c2ccc(F)cc2)n1. The van der Waals surface area contributed by atoms with Crippen LogP contribution in [0.5, 0.6) is 0 Å². The Morgan fingerprint density at radius 3 is 2.71 bits per heavy atom. The Morgan fingerprint density at radius 2 is 2.04 bits per heavy atom. The largest absolute Gasteiger partial charge is 0.456 e. The summed E-state index contributed by atoms with van der Waals surface area (Å²) in [5.41, 5.74) is 1.32. The molecule has 2 fully saturated rings. The molecule has 1 N–H and O–H groups in total. The molecule has 0 aliphatic heterocycles. The number of nitrogens with one attached hydrogen (secondary N) is 1. The molecule has 148 valence electrons. The Bertz CT molecular complexity index is 878. The maximum atomic E-state index is 13.1. The number of aromatic nitrogens is 2. The summed E-state index contributed by atoms with van der Waals surface area (Å²) in [4.78, 5) is 24.3. The van der Waals surface area contributed by atoms with E-state index >= 15 is 0 Å². The number of amides is 1. The monoisotopic (exact) mass is 385 g/mol. The summed E-state index contributed by atoms with van der Waals surface area (Å²) in [6.07, 6.45) is 5.27. The fourth-order valence-electron chi connectivity index (χ4n) is 4.59. The topological polar surface area (TPSA) is 73.2 Å². The number of carbonyl (C=O) groups excluding carboxylic acids is 2. The van der Waals surface area contributed by atoms with Crippen LogP contribution in [0.2, 0.25) is 0 Å². The summed E-state index contributed by atoms with van der Waals surface area (Å²) in [6, 6.07) is 7.52. The molecule has 3 atom stereocenters. The first-order valence-electron chi connectivity index (χ1n) is 9.76. The van der Waals surface area contributed by atoms with Crippen LogP contribution in [-0.2, 0) is 14.3 Å². The van der Waals surface area contributed by atoms with Gasteiger partial charge in [-0.25, -0.2) is 9.07 Å². The minimum atomic E-state index is -0.426. The van der Waals surface area contributed by atoms with Crippen LogP contribution in [0.1, 0.15) is 37.8 Å². The molecular formula is C21H24FN3O3. The molecule has 1 amide bonds. The van der Waals surface area contributed by atoms with E-state index in [1.54, 1.807) is 25.1 Å². The Kier molecular flexibility index (Phi) is 5.15. The average molecular weight is 385 g/mol. The molecule has 1 heterocycles. The number of hydrogen-bond donors (Lipinski definition) is 1. The smallest absolute Gasteiger partial charge is 0.306 e. The highest BCUT2D eigenvalue weighted by Gasteiger charge is 2.40. The van der Waals surface area contributed by atoms with Crippen LogP contribution in [-0.4, -0.2) is 28.3 Å². The van der Waals surface area contributed by atoms with Gasteiger partial charge in [0.2, 0.25) is 0 Å². The van der Waals surface area contributed by atoms with Crippen LogP contribution < -0.4 is 5.32 Å². The van der Waals surface area contributed by atoms with Crippen LogP contribution >= 0.6 is 0 Å². The molecule has 6 nitrogen and oxygen atoms in total. The van der Waals surface area contributed by atoms with Crippen molar-refractivity contribution in [2.45, 2.75) is 39.0 Å². The van der Waals surface area contributed by atoms with Crippen molar-refractivity contribution in [3.8, 4) is 5.69 Å². The highest BCUT2D eigenvalue weighted by atomic mass is 19.1. The molecule has 2 aromatic rings. The van der Waals surface area contributed by atoms with E-state index in [2.05, 4.69) is 10.4 Å². The summed E-state index contributed by atoms with van der Waals surface area (Å²) < 4.78 is 19.8. The van der Waals surface area contributed by atoms with Crippen molar-refractivity contribution in [2.75, 3.05) is 11.9 Å². The van der Waals surface area contributed by atoms with Gasteiger partial charge in [0.05, 0.1) is 11.4 Å². The predicted molar refractivity (Wildman–Crippen MR) is 101 cm³/mol. The number of esters is 1. The number of carbonyl (C=O) groups is 2. The highest BCUT2D eigenvalue weighted by Crippen LogP contribution is 2.49. The Hall–Kier alpha value is -2.70. The zero-order chi connectivity index (χ0) is 19.7. The van der Waals surface area contributed by atoms with Gasteiger partial charge in [-0.3, -0.25) is 9.59 Å². The molecular weight excluding hydrogens is 361 g/mol. The summed E-state index contributed by atoms with van der Waals surface area (Å²) in [6.45, 7) is 1.47. The third-order valence-electron chi connectivity index (χ3n) is 5.85. The van der Waals surface area contributed by atoms with Gasteiger partial charge in [-0.05, 0) is 68.2 Å². The van der Waals surface area contributed by atoms with E-state index in [0.29, 0.717) is 35.5 Å². The van der Waals surface area contributed by atoms with Crippen molar-refractivity contribution in [2.24, 2.45) is 17.8 Å². The summed E-state index contributed by atoms with van der Waals surface area (Å²) in [7, 11) is 0. The van der Waals surface area contributed by atoms with E-state index in [4.69, 9.17) is 4.74 Å². The van der Waals surface area contributed by atoms with Gasteiger partial charge in [-0.1, -0.05) is 6.42 Å². The lowest BCUT2D eigenvalue weighted by atomic mass is 9.86. The van der Waals surface area contributed by atoms with Crippen molar-refractivity contribution in [1.82, 2.24) is 9.78 Å². The first kappa shape index (κ1) is 18.7. The Balaban J connectivity index is 1.31. The molecule has 4 rings (SSSR count). The quantitative estimate of drug-likeness (QED) is 0.771. The van der Waals surface area contributed by atoms with Gasteiger partial charge in [-0.15, -0.1) is 0 Å². The fraction of sp³-hybridized carbons (Fsp3) is 0.476. The Morgan fingerprint density at radius 1 is 1.25 bits per heavy atom. The molecule has 7 heteroatoms. The van der Waals surface area contributed by atoms with Crippen molar-refractivity contribution in [1.29, 1.82) is 0 Å². The maximum Gasteiger partial charge on any atom is 0.306 e. The number of hydrogen-bond acceptors (Lipinski definition) is 4.